The highest BCUT2D eigenvalue weighted by Crippen LogP contribution is 2.17. The minimum Gasteiger partial charge on any atom is -0.449 e. The summed E-state index contributed by atoms with van der Waals surface area (Å²) in [5.41, 5.74) is 3.71. The van der Waals surface area contributed by atoms with Gasteiger partial charge in [-0.1, -0.05) is 12.1 Å². The van der Waals surface area contributed by atoms with E-state index in [0.717, 1.165) is 11.1 Å². The molecular weight excluding hydrogens is 346 g/mol. The van der Waals surface area contributed by atoms with Crippen molar-refractivity contribution in [2.45, 2.75) is 26.9 Å². The van der Waals surface area contributed by atoms with Gasteiger partial charge in [-0.2, -0.15) is 0 Å². The summed E-state index contributed by atoms with van der Waals surface area (Å²) in [6, 6.07) is 12.3. The molecule has 1 heterocycles. The van der Waals surface area contributed by atoms with Crippen LogP contribution >= 0.6 is 0 Å². The summed E-state index contributed by atoms with van der Waals surface area (Å²) in [5, 5.41) is 13.7. The van der Waals surface area contributed by atoms with Crippen LogP contribution in [-0.4, -0.2) is 38.2 Å². The maximum absolute atomic E-state index is 12.3. The first-order valence-corrected chi connectivity index (χ1v) is 8.36. The molecule has 0 saturated heterocycles. The van der Waals surface area contributed by atoms with E-state index in [0.29, 0.717) is 16.9 Å². The monoisotopic (exact) mass is 365 g/mol. The van der Waals surface area contributed by atoms with Crippen molar-refractivity contribution in [1.82, 2.24) is 20.2 Å². The molecule has 2 aromatic carbocycles. The molecule has 0 aliphatic heterocycles. The molecular formula is C19H19N5O3. The van der Waals surface area contributed by atoms with E-state index in [1.807, 2.05) is 32.0 Å². The Morgan fingerprint density at radius 2 is 1.85 bits per heavy atom. The van der Waals surface area contributed by atoms with Gasteiger partial charge in [0.1, 0.15) is 6.33 Å². The van der Waals surface area contributed by atoms with Crippen LogP contribution < -0.4 is 5.32 Å². The van der Waals surface area contributed by atoms with Crippen molar-refractivity contribution < 1.29 is 14.3 Å². The molecule has 0 spiro atoms. The zero-order valence-corrected chi connectivity index (χ0v) is 15.2. The first-order valence-electron chi connectivity index (χ1n) is 8.36. The third-order valence-electron chi connectivity index (χ3n) is 4.02. The number of anilines is 1. The van der Waals surface area contributed by atoms with Gasteiger partial charge in [0, 0.05) is 5.69 Å². The molecule has 0 bridgehead atoms. The molecule has 3 aromatic rings. The van der Waals surface area contributed by atoms with Crippen LogP contribution in [0.2, 0.25) is 0 Å². The molecule has 0 fully saturated rings. The zero-order chi connectivity index (χ0) is 19.4. The van der Waals surface area contributed by atoms with Crippen LogP contribution in [0.4, 0.5) is 5.69 Å². The molecule has 1 aromatic heterocycles. The number of aromatic nitrogens is 4. The lowest BCUT2D eigenvalue weighted by atomic mass is 10.1. The molecule has 0 saturated carbocycles. The van der Waals surface area contributed by atoms with Crippen molar-refractivity contribution in [3.05, 3.63) is 65.5 Å². The fourth-order valence-corrected chi connectivity index (χ4v) is 2.42. The van der Waals surface area contributed by atoms with Crippen molar-refractivity contribution in [2.75, 3.05) is 5.32 Å². The lowest BCUT2D eigenvalue weighted by molar-refractivity contribution is -0.123. The van der Waals surface area contributed by atoms with Gasteiger partial charge in [-0.3, -0.25) is 4.79 Å². The molecule has 1 amide bonds. The standard InChI is InChI=1S/C19H19N5O3/c1-12-4-5-13(2)17(10-12)21-18(25)14(3)27-19(26)15-6-8-16(9-7-15)24-11-20-22-23-24/h4-11,14H,1-3H3,(H,21,25)/t14-/m0/s1. The normalized spacial score (nSPS) is 11.7. The third kappa shape index (κ3) is 4.35. The van der Waals surface area contributed by atoms with Crippen LogP contribution in [0.5, 0.6) is 0 Å². The molecule has 8 heteroatoms. The predicted molar refractivity (Wildman–Crippen MR) is 98.6 cm³/mol. The fraction of sp³-hybridized carbons (Fsp3) is 0.211. The van der Waals surface area contributed by atoms with E-state index < -0.39 is 12.1 Å². The number of tetrazole rings is 1. The van der Waals surface area contributed by atoms with E-state index in [1.54, 1.807) is 24.3 Å². The molecule has 3 rings (SSSR count). The average molecular weight is 365 g/mol. The minimum atomic E-state index is -0.934. The Hall–Kier alpha value is -3.55. The Bertz CT molecular complexity index is 952. The number of esters is 1. The molecule has 8 nitrogen and oxygen atoms in total. The van der Waals surface area contributed by atoms with E-state index in [4.69, 9.17) is 4.74 Å². The maximum atomic E-state index is 12.3. The second kappa shape index (κ2) is 7.77. The van der Waals surface area contributed by atoms with Crippen LogP contribution in [0.25, 0.3) is 5.69 Å². The first-order chi connectivity index (χ1) is 12.9. The number of aryl methyl sites for hydroxylation is 2. The van der Waals surface area contributed by atoms with Crippen molar-refractivity contribution in [3.63, 3.8) is 0 Å². The number of ether oxygens (including phenoxy) is 1. The van der Waals surface area contributed by atoms with E-state index in [-0.39, 0.29) is 5.91 Å². The number of rotatable bonds is 5. The molecule has 0 aliphatic rings. The highest BCUT2D eigenvalue weighted by atomic mass is 16.5. The lowest BCUT2D eigenvalue weighted by Crippen LogP contribution is -2.30. The topological polar surface area (TPSA) is 99.0 Å². The summed E-state index contributed by atoms with van der Waals surface area (Å²) < 4.78 is 6.74. The van der Waals surface area contributed by atoms with Gasteiger partial charge in [0.25, 0.3) is 5.91 Å². The van der Waals surface area contributed by atoms with E-state index in [1.165, 1.54) is 17.9 Å². The van der Waals surface area contributed by atoms with E-state index in [2.05, 4.69) is 20.8 Å². The second-order valence-electron chi connectivity index (χ2n) is 6.16. The number of amides is 1. The maximum Gasteiger partial charge on any atom is 0.338 e. The van der Waals surface area contributed by atoms with Crippen molar-refractivity contribution in [1.29, 1.82) is 0 Å². The van der Waals surface area contributed by atoms with Crippen LogP contribution in [0.1, 0.15) is 28.4 Å². The van der Waals surface area contributed by atoms with Crippen LogP contribution in [0, 0.1) is 13.8 Å². The van der Waals surface area contributed by atoms with Crippen molar-refractivity contribution in [3.8, 4) is 5.69 Å². The van der Waals surface area contributed by atoms with E-state index in [9.17, 15) is 9.59 Å². The fourth-order valence-electron chi connectivity index (χ4n) is 2.42. The van der Waals surface area contributed by atoms with Crippen LogP contribution in [0.3, 0.4) is 0 Å². The molecule has 0 unspecified atom stereocenters. The summed E-state index contributed by atoms with van der Waals surface area (Å²) in [6.45, 7) is 5.38. The number of hydrogen-bond donors (Lipinski definition) is 1. The van der Waals surface area contributed by atoms with Gasteiger partial charge in [0.05, 0.1) is 11.3 Å². The SMILES string of the molecule is Cc1ccc(C)c(NC(=O)[C@H](C)OC(=O)c2ccc(-n3cnnn3)cc2)c1. The molecule has 1 atom stereocenters. The summed E-state index contributed by atoms with van der Waals surface area (Å²) in [6.07, 6.45) is 0.518. The first kappa shape index (κ1) is 18.2. The van der Waals surface area contributed by atoms with Crippen molar-refractivity contribution >= 4 is 17.6 Å². The predicted octanol–water partition coefficient (Wildman–Crippen LogP) is 2.46. The van der Waals surface area contributed by atoms with Gasteiger partial charge < -0.3 is 10.1 Å². The van der Waals surface area contributed by atoms with Gasteiger partial charge in [0.2, 0.25) is 0 Å². The Balaban J connectivity index is 1.63. The number of nitrogens with one attached hydrogen (secondary N) is 1. The van der Waals surface area contributed by atoms with Gasteiger partial charge in [-0.15, -0.1) is 5.10 Å². The molecule has 0 radical (unpaired) electrons. The van der Waals surface area contributed by atoms with Gasteiger partial charge in [0.15, 0.2) is 6.10 Å². The number of carbonyl (C=O) groups excluding carboxylic acids is 2. The van der Waals surface area contributed by atoms with Gasteiger partial charge >= 0.3 is 5.97 Å². The third-order valence-corrected chi connectivity index (χ3v) is 4.02. The van der Waals surface area contributed by atoms with E-state index >= 15 is 0 Å². The lowest BCUT2D eigenvalue weighted by Gasteiger charge is -2.15. The average Bonchev–Trinajstić information content (AvgIpc) is 3.19. The van der Waals surface area contributed by atoms with Crippen LogP contribution in [0.15, 0.2) is 48.8 Å². The molecule has 1 N–H and O–H groups in total. The number of carbonyl (C=O) groups is 2. The highest BCUT2D eigenvalue weighted by molar-refractivity contribution is 5.97. The summed E-state index contributed by atoms with van der Waals surface area (Å²) in [4.78, 5) is 24.6. The molecule has 138 valence electrons. The van der Waals surface area contributed by atoms with Gasteiger partial charge in [-0.25, -0.2) is 9.48 Å². The van der Waals surface area contributed by atoms with Gasteiger partial charge in [-0.05, 0) is 72.7 Å². The Kier molecular flexibility index (Phi) is 5.25. The second-order valence-corrected chi connectivity index (χ2v) is 6.16. The molecule has 27 heavy (non-hydrogen) atoms. The summed E-state index contributed by atoms with van der Waals surface area (Å²) in [5.74, 6) is -0.968. The Labute approximate surface area is 156 Å². The quantitative estimate of drug-likeness (QED) is 0.697. The summed E-state index contributed by atoms with van der Waals surface area (Å²) in [7, 11) is 0. The summed E-state index contributed by atoms with van der Waals surface area (Å²) >= 11 is 0. The largest absolute Gasteiger partial charge is 0.449 e. The highest BCUT2D eigenvalue weighted by Gasteiger charge is 2.19. The number of benzene rings is 2. The smallest absolute Gasteiger partial charge is 0.338 e. The Morgan fingerprint density at radius 1 is 1.11 bits per heavy atom. The number of nitrogens with zero attached hydrogens (tertiary/aromatic N) is 4. The Morgan fingerprint density at radius 3 is 2.52 bits per heavy atom. The minimum absolute atomic E-state index is 0.332. The number of hydrogen-bond acceptors (Lipinski definition) is 6. The zero-order valence-electron chi connectivity index (χ0n) is 15.2. The molecule has 0 aliphatic carbocycles. The van der Waals surface area contributed by atoms with Crippen LogP contribution in [-0.2, 0) is 9.53 Å². The van der Waals surface area contributed by atoms with Crippen molar-refractivity contribution in [2.24, 2.45) is 0 Å².